The average Bonchev–Trinajstić information content (AvgIpc) is 3.28. The molecule has 3 heterocycles. The topological polar surface area (TPSA) is 78.1 Å². The molecule has 1 amide bonds. The maximum Gasteiger partial charge on any atom is 0.270 e. The largest absolute Gasteiger partial charge is 0.352 e. The summed E-state index contributed by atoms with van der Waals surface area (Å²) in [6.07, 6.45) is 1.42. The summed E-state index contributed by atoms with van der Waals surface area (Å²) in [6.45, 7) is 3.05. The molecule has 4 aromatic rings. The fourth-order valence-corrected chi connectivity index (χ4v) is 5.29. The quantitative estimate of drug-likeness (QED) is 0.419. The molecule has 1 aliphatic rings. The van der Waals surface area contributed by atoms with Crippen molar-refractivity contribution in [3.63, 3.8) is 0 Å². The van der Waals surface area contributed by atoms with Gasteiger partial charge in [0.05, 0.1) is 11.4 Å². The van der Waals surface area contributed by atoms with Crippen molar-refractivity contribution in [1.82, 2.24) is 15.3 Å². The second kappa shape index (κ2) is 9.58. The standard InChI is InChI=1S/C26H24F2N4O2S/c1-15-4-6-16(7-5-15)20-14-35-23-22(20)30-26(31-25(23)34)32-10-2-3-18(13-32)24(33)29-12-17-8-9-19(27)11-21(17)28/h4-9,11,14,18H,2-3,10,12-13H2,1H3,(H,29,33)(H,30,31,34)/t18-/m0/s1. The number of halogens is 2. The first kappa shape index (κ1) is 23.2. The van der Waals surface area contributed by atoms with Gasteiger partial charge in [-0.15, -0.1) is 11.3 Å². The molecule has 1 saturated heterocycles. The van der Waals surface area contributed by atoms with Crippen LogP contribution in [0.15, 0.2) is 52.6 Å². The van der Waals surface area contributed by atoms with E-state index in [-0.39, 0.29) is 29.5 Å². The number of carbonyl (C=O) groups excluding carboxylic acids is 1. The van der Waals surface area contributed by atoms with E-state index in [0.717, 1.165) is 29.2 Å². The fourth-order valence-electron chi connectivity index (χ4n) is 4.38. The van der Waals surface area contributed by atoms with Crippen LogP contribution in [0.4, 0.5) is 14.7 Å². The van der Waals surface area contributed by atoms with Crippen LogP contribution in [0.5, 0.6) is 0 Å². The Bertz CT molecular complexity index is 1450. The monoisotopic (exact) mass is 494 g/mol. The Morgan fingerprint density at radius 2 is 2.03 bits per heavy atom. The van der Waals surface area contributed by atoms with E-state index in [1.165, 1.54) is 23.5 Å². The zero-order valence-electron chi connectivity index (χ0n) is 19.1. The third-order valence-electron chi connectivity index (χ3n) is 6.34. The van der Waals surface area contributed by atoms with Gasteiger partial charge in [0, 0.05) is 42.2 Å². The molecule has 1 fully saturated rings. The van der Waals surface area contributed by atoms with Crippen molar-refractivity contribution in [2.75, 3.05) is 18.0 Å². The Balaban J connectivity index is 1.35. The number of anilines is 1. The number of rotatable bonds is 5. The lowest BCUT2D eigenvalue weighted by molar-refractivity contribution is -0.125. The third kappa shape index (κ3) is 4.81. The minimum absolute atomic E-state index is 0.0166. The minimum Gasteiger partial charge on any atom is -0.352 e. The van der Waals surface area contributed by atoms with Gasteiger partial charge >= 0.3 is 0 Å². The number of aromatic amines is 1. The highest BCUT2D eigenvalue weighted by Crippen LogP contribution is 2.32. The predicted octanol–water partition coefficient (Wildman–Crippen LogP) is 4.77. The summed E-state index contributed by atoms with van der Waals surface area (Å²) in [5.74, 6) is -1.46. The zero-order chi connectivity index (χ0) is 24.5. The molecule has 35 heavy (non-hydrogen) atoms. The molecule has 0 radical (unpaired) electrons. The van der Waals surface area contributed by atoms with Gasteiger partial charge in [0.1, 0.15) is 16.3 Å². The van der Waals surface area contributed by atoms with Crippen LogP contribution in [-0.2, 0) is 11.3 Å². The lowest BCUT2D eigenvalue weighted by Gasteiger charge is -2.32. The minimum atomic E-state index is -0.689. The summed E-state index contributed by atoms with van der Waals surface area (Å²) in [7, 11) is 0. The molecule has 180 valence electrons. The van der Waals surface area contributed by atoms with Crippen molar-refractivity contribution in [2.45, 2.75) is 26.3 Å². The van der Waals surface area contributed by atoms with E-state index >= 15 is 0 Å². The molecular weight excluding hydrogens is 470 g/mol. The molecular formula is C26H24F2N4O2S. The van der Waals surface area contributed by atoms with Gasteiger partial charge in [-0.25, -0.2) is 13.8 Å². The lowest BCUT2D eigenvalue weighted by Crippen LogP contribution is -2.44. The van der Waals surface area contributed by atoms with Gasteiger partial charge in [-0.1, -0.05) is 35.9 Å². The first-order chi connectivity index (χ1) is 16.9. The first-order valence-corrected chi connectivity index (χ1v) is 12.3. The number of H-pyrrole nitrogens is 1. The van der Waals surface area contributed by atoms with Gasteiger partial charge in [-0.3, -0.25) is 14.6 Å². The van der Waals surface area contributed by atoms with Gasteiger partial charge in [0.25, 0.3) is 5.56 Å². The zero-order valence-corrected chi connectivity index (χ0v) is 19.9. The van der Waals surface area contributed by atoms with Gasteiger partial charge in [-0.2, -0.15) is 0 Å². The number of nitrogens with one attached hydrogen (secondary N) is 2. The smallest absolute Gasteiger partial charge is 0.270 e. The Morgan fingerprint density at radius 1 is 1.23 bits per heavy atom. The van der Waals surface area contributed by atoms with Crippen LogP contribution in [-0.4, -0.2) is 29.0 Å². The summed E-state index contributed by atoms with van der Waals surface area (Å²) < 4.78 is 27.6. The van der Waals surface area contributed by atoms with E-state index < -0.39 is 11.6 Å². The number of aryl methyl sites for hydroxylation is 1. The van der Waals surface area contributed by atoms with E-state index in [2.05, 4.69) is 10.3 Å². The highest BCUT2D eigenvalue weighted by Gasteiger charge is 2.28. The maximum absolute atomic E-state index is 13.9. The summed E-state index contributed by atoms with van der Waals surface area (Å²) in [6, 6.07) is 11.4. The summed E-state index contributed by atoms with van der Waals surface area (Å²) in [5, 5.41) is 4.70. The number of nitrogens with zero attached hydrogens (tertiary/aromatic N) is 2. The number of hydrogen-bond acceptors (Lipinski definition) is 5. The number of amides is 1. The van der Waals surface area contributed by atoms with Crippen LogP contribution in [0.1, 0.15) is 24.0 Å². The molecule has 5 rings (SSSR count). The fraction of sp³-hybridized carbons (Fsp3) is 0.269. The van der Waals surface area contributed by atoms with Crippen molar-refractivity contribution in [3.05, 3.63) is 81.0 Å². The first-order valence-electron chi connectivity index (χ1n) is 11.4. The maximum atomic E-state index is 13.9. The molecule has 0 spiro atoms. The van der Waals surface area contributed by atoms with Crippen molar-refractivity contribution in [2.24, 2.45) is 5.92 Å². The van der Waals surface area contributed by atoms with E-state index in [1.807, 2.05) is 41.5 Å². The molecule has 0 bridgehead atoms. The average molecular weight is 495 g/mol. The van der Waals surface area contributed by atoms with Crippen LogP contribution >= 0.6 is 11.3 Å². The van der Waals surface area contributed by atoms with Gasteiger partial charge in [0.2, 0.25) is 11.9 Å². The molecule has 0 unspecified atom stereocenters. The molecule has 6 nitrogen and oxygen atoms in total. The van der Waals surface area contributed by atoms with Gasteiger partial charge in [-0.05, 0) is 31.4 Å². The van der Waals surface area contributed by atoms with Crippen molar-refractivity contribution < 1.29 is 13.6 Å². The SMILES string of the molecule is Cc1ccc(-c2csc3c(=O)[nH]c(N4CCC[C@H](C(=O)NCc5ccc(F)cc5F)C4)nc23)cc1. The van der Waals surface area contributed by atoms with Crippen molar-refractivity contribution in [1.29, 1.82) is 0 Å². The number of carbonyl (C=O) groups is 1. The lowest BCUT2D eigenvalue weighted by atomic mass is 9.97. The van der Waals surface area contributed by atoms with E-state index in [0.29, 0.717) is 35.7 Å². The Kier molecular flexibility index (Phi) is 6.34. The summed E-state index contributed by atoms with van der Waals surface area (Å²) >= 11 is 1.36. The summed E-state index contributed by atoms with van der Waals surface area (Å²) in [5.41, 5.74) is 3.73. The van der Waals surface area contributed by atoms with E-state index in [9.17, 15) is 18.4 Å². The number of benzene rings is 2. The van der Waals surface area contributed by atoms with E-state index in [1.54, 1.807) is 0 Å². The molecule has 1 atom stereocenters. The van der Waals surface area contributed by atoms with Crippen molar-refractivity contribution >= 4 is 33.4 Å². The van der Waals surface area contributed by atoms with E-state index in [4.69, 9.17) is 4.98 Å². The second-order valence-corrected chi connectivity index (χ2v) is 9.70. The highest BCUT2D eigenvalue weighted by atomic mass is 32.1. The molecule has 2 aromatic heterocycles. The number of fused-ring (bicyclic) bond motifs is 1. The van der Waals surface area contributed by atoms with Crippen LogP contribution in [0, 0.1) is 24.5 Å². The van der Waals surface area contributed by atoms with Crippen LogP contribution in [0.2, 0.25) is 0 Å². The molecule has 9 heteroatoms. The molecule has 0 aliphatic carbocycles. The third-order valence-corrected chi connectivity index (χ3v) is 7.30. The van der Waals surface area contributed by atoms with Crippen molar-refractivity contribution in [3.8, 4) is 11.1 Å². The Hall–Kier alpha value is -3.59. The molecule has 2 N–H and O–H groups in total. The van der Waals surface area contributed by atoms with Gasteiger partial charge in [0.15, 0.2) is 0 Å². The number of thiophene rings is 1. The highest BCUT2D eigenvalue weighted by molar-refractivity contribution is 7.17. The van der Waals surface area contributed by atoms with Crippen LogP contribution in [0.3, 0.4) is 0 Å². The molecule has 2 aromatic carbocycles. The Labute approximate surface area is 204 Å². The predicted molar refractivity (Wildman–Crippen MR) is 134 cm³/mol. The second-order valence-electron chi connectivity index (χ2n) is 8.82. The Morgan fingerprint density at radius 3 is 2.80 bits per heavy atom. The summed E-state index contributed by atoms with van der Waals surface area (Å²) in [4.78, 5) is 35.2. The number of aromatic nitrogens is 2. The van der Waals surface area contributed by atoms with Crippen LogP contribution < -0.4 is 15.8 Å². The number of piperidine rings is 1. The molecule has 0 saturated carbocycles. The molecule has 1 aliphatic heterocycles. The van der Waals surface area contributed by atoms with Crippen LogP contribution in [0.25, 0.3) is 21.3 Å². The van der Waals surface area contributed by atoms with Gasteiger partial charge < -0.3 is 10.2 Å². The normalized spacial score (nSPS) is 16.0. The number of hydrogen-bond donors (Lipinski definition) is 2.